The molecule has 2 heterocycles. The molecule has 9 heteroatoms. The topological polar surface area (TPSA) is 92.3 Å². The third-order valence-corrected chi connectivity index (χ3v) is 6.32. The molecule has 0 aliphatic carbocycles. The van der Waals surface area contributed by atoms with E-state index in [0.717, 1.165) is 24.6 Å². The minimum atomic E-state index is -3.79. The summed E-state index contributed by atoms with van der Waals surface area (Å²) < 4.78 is 35.5. The van der Waals surface area contributed by atoms with Crippen LogP contribution >= 0.6 is 11.7 Å². The highest BCUT2D eigenvalue weighted by Gasteiger charge is 2.38. The highest BCUT2D eigenvalue weighted by molar-refractivity contribution is 7.89. The number of benzene rings is 1. The average molecular weight is 340 g/mol. The standard InChI is InChI=1S/C13H16N4O3S2/c1-14-13(18)10-6-2-3-8-17(10)22(19,20)11-7-4-5-9-12(11)16-21-15-9/h4-5,7,10H,2-3,6,8H2,1H3,(H,14,18). The zero-order valence-electron chi connectivity index (χ0n) is 12.0. The average Bonchev–Trinajstić information content (AvgIpc) is 3.02. The van der Waals surface area contributed by atoms with Crippen LogP contribution in [0.1, 0.15) is 19.3 Å². The van der Waals surface area contributed by atoms with Crippen molar-refractivity contribution in [3.8, 4) is 0 Å². The molecule has 118 valence electrons. The number of hydrogen-bond acceptors (Lipinski definition) is 6. The molecule has 0 saturated carbocycles. The summed E-state index contributed by atoms with van der Waals surface area (Å²) in [7, 11) is -2.27. The first kappa shape index (κ1) is 15.3. The number of nitrogens with one attached hydrogen (secondary N) is 1. The van der Waals surface area contributed by atoms with Gasteiger partial charge in [-0.15, -0.1) is 0 Å². The van der Waals surface area contributed by atoms with Gasteiger partial charge in [0.05, 0.1) is 11.7 Å². The molecular weight excluding hydrogens is 324 g/mol. The van der Waals surface area contributed by atoms with Crippen molar-refractivity contribution in [3.05, 3.63) is 18.2 Å². The molecule has 0 radical (unpaired) electrons. The van der Waals surface area contributed by atoms with E-state index >= 15 is 0 Å². The summed E-state index contributed by atoms with van der Waals surface area (Å²) in [5, 5.41) is 2.55. The molecule has 1 fully saturated rings. The Kier molecular flexibility index (Phi) is 4.11. The lowest BCUT2D eigenvalue weighted by Crippen LogP contribution is -2.51. The van der Waals surface area contributed by atoms with Crippen LogP contribution in [0.2, 0.25) is 0 Å². The van der Waals surface area contributed by atoms with E-state index in [9.17, 15) is 13.2 Å². The number of amides is 1. The van der Waals surface area contributed by atoms with Gasteiger partial charge in [0.25, 0.3) is 0 Å². The largest absolute Gasteiger partial charge is 0.358 e. The first-order valence-corrected chi connectivity index (χ1v) is 9.17. The highest BCUT2D eigenvalue weighted by atomic mass is 32.2. The maximum Gasteiger partial charge on any atom is 0.246 e. The van der Waals surface area contributed by atoms with Crippen LogP contribution in [0.4, 0.5) is 0 Å². The van der Waals surface area contributed by atoms with E-state index in [2.05, 4.69) is 14.1 Å². The number of piperidine rings is 1. The number of rotatable bonds is 3. The fourth-order valence-corrected chi connectivity index (χ4v) is 5.15. The van der Waals surface area contributed by atoms with Crippen LogP contribution in [0.25, 0.3) is 11.0 Å². The summed E-state index contributed by atoms with van der Waals surface area (Å²) in [6.07, 6.45) is 2.12. The second-order valence-corrected chi connectivity index (χ2v) is 7.52. The molecule has 1 atom stereocenters. The van der Waals surface area contributed by atoms with Gasteiger partial charge in [-0.3, -0.25) is 4.79 Å². The fraction of sp³-hybridized carbons (Fsp3) is 0.462. The van der Waals surface area contributed by atoms with Crippen LogP contribution in [-0.4, -0.2) is 47.0 Å². The zero-order valence-corrected chi connectivity index (χ0v) is 13.7. The van der Waals surface area contributed by atoms with Crippen molar-refractivity contribution in [1.82, 2.24) is 18.4 Å². The number of carbonyl (C=O) groups excluding carboxylic acids is 1. The fourth-order valence-electron chi connectivity index (χ4n) is 2.74. The van der Waals surface area contributed by atoms with Gasteiger partial charge in [-0.05, 0) is 25.0 Å². The molecule has 0 bridgehead atoms. The van der Waals surface area contributed by atoms with Crippen LogP contribution in [0, 0.1) is 0 Å². The number of likely N-dealkylation sites (N-methyl/N-ethyl adjacent to an activating group) is 1. The SMILES string of the molecule is CNC(=O)C1CCCCN1S(=O)(=O)c1cccc2nsnc12. The maximum atomic E-state index is 13.0. The maximum absolute atomic E-state index is 13.0. The molecule has 1 aliphatic heterocycles. The number of fused-ring (bicyclic) bond motifs is 1. The second-order valence-electron chi connectivity index (χ2n) is 5.13. The number of sulfonamides is 1. The molecule has 1 amide bonds. The molecule has 1 aromatic heterocycles. The van der Waals surface area contributed by atoms with Crippen molar-refractivity contribution in [2.45, 2.75) is 30.2 Å². The lowest BCUT2D eigenvalue weighted by atomic mass is 10.0. The van der Waals surface area contributed by atoms with Crippen molar-refractivity contribution < 1.29 is 13.2 Å². The van der Waals surface area contributed by atoms with Crippen molar-refractivity contribution >= 4 is 38.7 Å². The molecular formula is C13H16N4O3S2. The van der Waals surface area contributed by atoms with Crippen molar-refractivity contribution in [2.75, 3.05) is 13.6 Å². The lowest BCUT2D eigenvalue weighted by molar-refractivity contribution is -0.125. The lowest BCUT2D eigenvalue weighted by Gasteiger charge is -2.33. The molecule has 1 saturated heterocycles. The molecule has 1 aliphatic rings. The number of carbonyl (C=O) groups is 1. The minimum Gasteiger partial charge on any atom is -0.358 e. The van der Waals surface area contributed by atoms with E-state index in [-0.39, 0.29) is 10.8 Å². The minimum absolute atomic E-state index is 0.120. The van der Waals surface area contributed by atoms with Gasteiger partial charge in [-0.25, -0.2) is 8.42 Å². The summed E-state index contributed by atoms with van der Waals surface area (Å²) >= 11 is 0.979. The molecule has 0 spiro atoms. The zero-order chi connectivity index (χ0) is 15.7. The van der Waals surface area contributed by atoms with Crippen LogP contribution in [0.5, 0.6) is 0 Å². The predicted molar refractivity (Wildman–Crippen MR) is 83.0 cm³/mol. The van der Waals surface area contributed by atoms with Crippen LogP contribution in [0.3, 0.4) is 0 Å². The third-order valence-electron chi connectivity index (χ3n) is 3.84. The Morgan fingerprint density at radius 1 is 1.36 bits per heavy atom. The monoisotopic (exact) mass is 340 g/mol. The highest BCUT2D eigenvalue weighted by Crippen LogP contribution is 2.29. The van der Waals surface area contributed by atoms with E-state index in [1.807, 2.05) is 0 Å². The Labute approximate surface area is 132 Å². The Balaban J connectivity index is 2.08. The van der Waals surface area contributed by atoms with Gasteiger partial charge in [0, 0.05) is 13.6 Å². The van der Waals surface area contributed by atoms with Gasteiger partial charge in [-0.2, -0.15) is 13.1 Å². The smallest absolute Gasteiger partial charge is 0.246 e. The Hall–Kier alpha value is -1.58. The first-order chi connectivity index (χ1) is 10.6. The summed E-state index contributed by atoms with van der Waals surface area (Å²) in [4.78, 5) is 12.1. The van der Waals surface area contributed by atoms with E-state index in [1.54, 1.807) is 12.1 Å². The van der Waals surface area contributed by atoms with E-state index in [1.165, 1.54) is 17.4 Å². The molecule has 1 unspecified atom stereocenters. The van der Waals surface area contributed by atoms with Crippen LogP contribution in [-0.2, 0) is 14.8 Å². The Morgan fingerprint density at radius 2 is 2.18 bits per heavy atom. The van der Waals surface area contributed by atoms with Gasteiger partial charge in [0.1, 0.15) is 22.0 Å². The van der Waals surface area contributed by atoms with E-state index in [4.69, 9.17) is 0 Å². The molecule has 1 N–H and O–H groups in total. The number of nitrogens with zero attached hydrogens (tertiary/aromatic N) is 3. The van der Waals surface area contributed by atoms with E-state index in [0.29, 0.717) is 24.0 Å². The quantitative estimate of drug-likeness (QED) is 0.899. The third kappa shape index (κ3) is 2.49. The Morgan fingerprint density at radius 3 is 2.95 bits per heavy atom. The van der Waals surface area contributed by atoms with Crippen LogP contribution < -0.4 is 5.32 Å². The van der Waals surface area contributed by atoms with Crippen molar-refractivity contribution in [3.63, 3.8) is 0 Å². The van der Waals surface area contributed by atoms with E-state index < -0.39 is 16.1 Å². The second kappa shape index (κ2) is 5.90. The molecule has 2 aromatic rings. The van der Waals surface area contributed by atoms with Gasteiger partial charge < -0.3 is 5.32 Å². The van der Waals surface area contributed by atoms with Crippen LogP contribution in [0.15, 0.2) is 23.1 Å². The number of hydrogen-bond donors (Lipinski definition) is 1. The molecule has 1 aromatic carbocycles. The van der Waals surface area contributed by atoms with Crippen molar-refractivity contribution in [2.24, 2.45) is 0 Å². The van der Waals surface area contributed by atoms with Gasteiger partial charge >= 0.3 is 0 Å². The summed E-state index contributed by atoms with van der Waals surface area (Å²) in [5.41, 5.74) is 0.924. The van der Waals surface area contributed by atoms with Gasteiger partial charge in [0.15, 0.2) is 0 Å². The van der Waals surface area contributed by atoms with Gasteiger partial charge in [-0.1, -0.05) is 12.5 Å². The summed E-state index contributed by atoms with van der Waals surface area (Å²) in [6, 6.07) is 4.24. The molecule has 7 nitrogen and oxygen atoms in total. The number of aromatic nitrogens is 2. The molecule has 3 rings (SSSR count). The Bertz CT molecular complexity index is 802. The predicted octanol–water partition coefficient (Wildman–Crippen LogP) is 0.980. The van der Waals surface area contributed by atoms with Gasteiger partial charge in [0.2, 0.25) is 15.9 Å². The summed E-state index contributed by atoms with van der Waals surface area (Å²) in [5.74, 6) is -0.271. The van der Waals surface area contributed by atoms with Crippen molar-refractivity contribution in [1.29, 1.82) is 0 Å². The summed E-state index contributed by atoms with van der Waals surface area (Å²) in [6.45, 7) is 0.342. The molecule has 22 heavy (non-hydrogen) atoms. The first-order valence-electron chi connectivity index (χ1n) is 7.00. The normalized spacial score (nSPS) is 20.1.